The third-order valence-corrected chi connectivity index (χ3v) is 3.50. The highest BCUT2D eigenvalue weighted by Crippen LogP contribution is 2.30. The second-order valence-corrected chi connectivity index (χ2v) is 4.79. The lowest BCUT2D eigenvalue weighted by Crippen LogP contribution is -2.34. The summed E-state index contributed by atoms with van der Waals surface area (Å²) < 4.78 is 0. The number of hydrogen-bond donors (Lipinski definition) is 0. The first-order chi connectivity index (χ1) is 8.81. The average molecular weight is 242 g/mol. The van der Waals surface area contributed by atoms with Crippen molar-refractivity contribution in [3.63, 3.8) is 0 Å². The van der Waals surface area contributed by atoms with Gasteiger partial charge in [-0.15, -0.1) is 0 Å². The van der Waals surface area contributed by atoms with E-state index in [1.807, 2.05) is 30.3 Å². The van der Waals surface area contributed by atoms with Crippen LogP contribution in [0.1, 0.15) is 32.1 Å². The number of nitriles is 1. The van der Waals surface area contributed by atoms with Crippen LogP contribution in [0.4, 0.5) is 5.69 Å². The molecule has 0 aromatic heterocycles. The maximum absolute atomic E-state index is 12.3. The zero-order chi connectivity index (χ0) is 12.8. The van der Waals surface area contributed by atoms with E-state index in [9.17, 15) is 4.79 Å². The number of nitrogens with zero attached hydrogens (tertiary/aromatic N) is 2. The van der Waals surface area contributed by atoms with E-state index >= 15 is 0 Å². The van der Waals surface area contributed by atoms with Crippen LogP contribution in [0, 0.1) is 17.2 Å². The van der Waals surface area contributed by atoms with Crippen LogP contribution in [-0.4, -0.2) is 12.5 Å². The van der Waals surface area contributed by atoms with Gasteiger partial charge < -0.3 is 4.90 Å². The lowest BCUT2D eigenvalue weighted by Gasteiger charge is -2.28. The predicted octanol–water partition coefficient (Wildman–Crippen LogP) is 3.12. The van der Waals surface area contributed by atoms with E-state index in [4.69, 9.17) is 5.26 Å². The standard InChI is InChI=1S/C15H18N2O/c16-10-5-11-17(14-8-2-1-3-9-14)15(18)12-13-6-4-7-13/h1-3,8-9,13H,4-7,11-12H2. The molecule has 1 aliphatic rings. The highest BCUT2D eigenvalue weighted by molar-refractivity contribution is 5.93. The molecule has 2 rings (SSSR count). The molecule has 0 unspecified atom stereocenters. The summed E-state index contributed by atoms with van der Waals surface area (Å²) in [5.41, 5.74) is 0.900. The molecule has 18 heavy (non-hydrogen) atoms. The van der Waals surface area contributed by atoms with Gasteiger partial charge in [-0.25, -0.2) is 0 Å². The van der Waals surface area contributed by atoms with E-state index in [-0.39, 0.29) is 5.91 Å². The molecule has 0 atom stereocenters. The molecule has 0 saturated heterocycles. The predicted molar refractivity (Wildman–Crippen MR) is 71.0 cm³/mol. The second-order valence-electron chi connectivity index (χ2n) is 4.79. The molecular formula is C15H18N2O. The van der Waals surface area contributed by atoms with Crippen LogP contribution < -0.4 is 4.90 Å². The molecule has 0 N–H and O–H groups in total. The molecule has 1 aromatic rings. The van der Waals surface area contributed by atoms with Crippen molar-refractivity contribution < 1.29 is 4.79 Å². The monoisotopic (exact) mass is 242 g/mol. The minimum Gasteiger partial charge on any atom is -0.311 e. The number of amides is 1. The largest absolute Gasteiger partial charge is 0.311 e. The van der Waals surface area contributed by atoms with Crippen molar-refractivity contribution in [1.82, 2.24) is 0 Å². The molecule has 0 radical (unpaired) electrons. The van der Waals surface area contributed by atoms with Gasteiger partial charge in [0.15, 0.2) is 0 Å². The molecule has 1 saturated carbocycles. The minimum atomic E-state index is 0.154. The molecule has 0 spiro atoms. The van der Waals surface area contributed by atoms with Crippen molar-refractivity contribution in [2.24, 2.45) is 5.92 Å². The Kier molecular flexibility index (Phi) is 4.35. The third kappa shape index (κ3) is 3.10. The molecule has 1 amide bonds. The first kappa shape index (κ1) is 12.6. The van der Waals surface area contributed by atoms with Crippen molar-refractivity contribution in [2.45, 2.75) is 32.1 Å². The van der Waals surface area contributed by atoms with Crippen LogP contribution in [0.2, 0.25) is 0 Å². The van der Waals surface area contributed by atoms with Gasteiger partial charge in [0.1, 0.15) is 0 Å². The first-order valence-corrected chi connectivity index (χ1v) is 6.53. The van der Waals surface area contributed by atoms with Gasteiger partial charge in [0.05, 0.1) is 12.5 Å². The number of anilines is 1. The molecule has 3 heteroatoms. The van der Waals surface area contributed by atoms with Crippen molar-refractivity contribution in [1.29, 1.82) is 5.26 Å². The van der Waals surface area contributed by atoms with E-state index in [0.29, 0.717) is 25.3 Å². The molecule has 1 fully saturated rings. The van der Waals surface area contributed by atoms with Crippen LogP contribution in [0.5, 0.6) is 0 Å². The number of carbonyl (C=O) groups is 1. The Morgan fingerprint density at radius 2 is 2.06 bits per heavy atom. The fourth-order valence-electron chi connectivity index (χ4n) is 2.22. The van der Waals surface area contributed by atoms with Crippen LogP contribution >= 0.6 is 0 Å². The minimum absolute atomic E-state index is 0.154. The van der Waals surface area contributed by atoms with E-state index in [1.165, 1.54) is 19.3 Å². The Bertz CT molecular complexity index is 432. The summed E-state index contributed by atoms with van der Waals surface area (Å²) in [5.74, 6) is 0.715. The molecule has 3 nitrogen and oxygen atoms in total. The van der Waals surface area contributed by atoms with Gasteiger partial charge in [-0.05, 0) is 30.9 Å². The normalized spacial score (nSPS) is 14.6. The van der Waals surface area contributed by atoms with Crippen molar-refractivity contribution in [2.75, 3.05) is 11.4 Å². The van der Waals surface area contributed by atoms with Crippen molar-refractivity contribution in [3.05, 3.63) is 30.3 Å². The van der Waals surface area contributed by atoms with Crippen molar-refractivity contribution in [3.8, 4) is 6.07 Å². The van der Waals surface area contributed by atoms with Crippen LogP contribution in [0.25, 0.3) is 0 Å². The quantitative estimate of drug-likeness (QED) is 0.796. The van der Waals surface area contributed by atoms with Gasteiger partial charge in [-0.2, -0.15) is 5.26 Å². The van der Waals surface area contributed by atoms with Crippen LogP contribution in [0.15, 0.2) is 30.3 Å². The lowest BCUT2D eigenvalue weighted by atomic mass is 9.82. The highest BCUT2D eigenvalue weighted by atomic mass is 16.2. The Labute approximate surface area is 108 Å². The summed E-state index contributed by atoms with van der Waals surface area (Å²) in [5, 5.41) is 8.70. The Hall–Kier alpha value is -1.82. The number of hydrogen-bond acceptors (Lipinski definition) is 2. The zero-order valence-electron chi connectivity index (χ0n) is 10.5. The molecule has 0 heterocycles. The third-order valence-electron chi connectivity index (χ3n) is 3.50. The van der Waals surface area contributed by atoms with Crippen molar-refractivity contribution >= 4 is 11.6 Å². The van der Waals surface area contributed by atoms with Gasteiger partial charge in [-0.3, -0.25) is 4.79 Å². The summed E-state index contributed by atoms with van der Waals surface area (Å²) in [7, 11) is 0. The Morgan fingerprint density at radius 3 is 2.61 bits per heavy atom. The Morgan fingerprint density at radius 1 is 1.33 bits per heavy atom. The van der Waals surface area contributed by atoms with Gasteiger partial charge >= 0.3 is 0 Å². The smallest absolute Gasteiger partial charge is 0.227 e. The van der Waals surface area contributed by atoms with Gasteiger partial charge in [0, 0.05) is 18.7 Å². The molecule has 94 valence electrons. The topological polar surface area (TPSA) is 44.1 Å². The summed E-state index contributed by atoms with van der Waals surface area (Å²) in [4.78, 5) is 14.0. The molecule has 0 aliphatic heterocycles. The number of carbonyl (C=O) groups excluding carboxylic acids is 1. The van der Waals surface area contributed by atoms with E-state index in [1.54, 1.807) is 4.90 Å². The summed E-state index contributed by atoms with van der Waals surface area (Å²) in [6, 6.07) is 11.7. The first-order valence-electron chi connectivity index (χ1n) is 6.53. The average Bonchev–Trinajstić information content (AvgIpc) is 2.36. The summed E-state index contributed by atoms with van der Waals surface area (Å²) in [6.45, 7) is 0.492. The highest BCUT2D eigenvalue weighted by Gasteiger charge is 2.24. The van der Waals surface area contributed by atoms with E-state index < -0.39 is 0 Å². The Balaban J connectivity index is 2.04. The van der Waals surface area contributed by atoms with Crippen LogP contribution in [-0.2, 0) is 4.79 Å². The maximum atomic E-state index is 12.3. The fourth-order valence-corrected chi connectivity index (χ4v) is 2.22. The van der Waals surface area contributed by atoms with Gasteiger partial charge in [0.25, 0.3) is 0 Å². The molecule has 1 aliphatic carbocycles. The fraction of sp³-hybridized carbons (Fsp3) is 0.467. The number of para-hydroxylation sites is 1. The second kappa shape index (κ2) is 6.20. The number of rotatable bonds is 5. The summed E-state index contributed by atoms with van der Waals surface area (Å²) >= 11 is 0. The summed E-state index contributed by atoms with van der Waals surface area (Å²) in [6.07, 6.45) is 4.60. The number of benzene rings is 1. The molecule has 1 aromatic carbocycles. The maximum Gasteiger partial charge on any atom is 0.227 e. The SMILES string of the molecule is N#CCCN(C(=O)CC1CCC1)c1ccccc1. The van der Waals surface area contributed by atoms with Crippen LogP contribution in [0.3, 0.4) is 0 Å². The van der Waals surface area contributed by atoms with E-state index in [0.717, 1.165) is 5.69 Å². The zero-order valence-corrected chi connectivity index (χ0v) is 10.5. The van der Waals surface area contributed by atoms with E-state index in [2.05, 4.69) is 6.07 Å². The molecular weight excluding hydrogens is 224 g/mol. The van der Waals surface area contributed by atoms with Gasteiger partial charge in [-0.1, -0.05) is 24.6 Å². The molecule has 0 bridgehead atoms. The lowest BCUT2D eigenvalue weighted by molar-refractivity contribution is -0.120. The van der Waals surface area contributed by atoms with Gasteiger partial charge in [0.2, 0.25) is 5.91 Å².